The second kappa shape index (κ2) is 4.59. The van der Waals surface area contributed by atoms with E-state index in [2.05, 4.69) is 21.0 Å². The zero-order chi connectivity index (χ0) is 12.5. The van der Waals surface area contributed by atoms with Crippen LogP contribution in [0.15, 0.2) is 12.1 Å². The van der Waals surface area contributed by atoms with Gasteiger partial charge in [-0.2, -0.15) is 0 Å². The highest BCUT2D eigenvalue weighted by Gasteiger charge is 2.17. The lowest BCUT2D eigenvalue weighted by Gasteiger charge is -2.09. The topological polar surface area (TPSA) is 44.8 Å². The Morgan fingerprint density at radius 1 is 1.22 bits per heavy atom. The average Bonchev–Trinajstić information content (AvgIpc) is 2.96. The minimum atomic E-state index is 0.818. The summed E-state index contributed by atoms with van der Waals surface area (Å²) < 4.78 is 0. The second-order valence-electron chi connectivity index (χ2n) is 5.47. The SMILES string of the molecule is CN(C)c1ccc2[nH]c(CC3CCCC3)nc2n1. The molecule has 4 nitrogen and oxygen atoms in total. The predicted molar refractivity (Wildman–Crippen MR) is 73.9 cm³/mol. The van der Waals surface area contributed by atoms with Crippen LogP contribution in [-0.2, 0) is 6.42 Å². The van der Waals surface area contributed by atoms with Crippen LogP contribution in [0.4, 0.5) is 5.82 Å². The molecule has 2 aromatic rings. The van der Waals surface area contributed by atoms with Crippen molar-refractivity contribution in [1.29, 1.82) is 0 Å². The van der Waals surface area contributed by atoms with E-state index in [1.54, 1.807) is 0 Å². The van der Waals surface area contributed by atoms with Gasteiger partial charge in [-0.15, -0.1) is 0 Å². The standard InChI is InChI=1S/C14H20N4/c1-18(2)13-8-7-11-14(17-13)16-12(15-11)9-10-5-3-4-6-10/h7-8,10H,3-6,9H2,1-2H3,(H,15,16,17). The van der Waals surface area contributed by atoms with Crippen molar-refractivity contribution >= 4 is 17.0 Å². The van der Waals surface area contributed by atoms with Crippen LogP contribution in [-0.4, -0.2) is 29.0 Å². The van der Waals surface area contributed by atoms with E-state index in [0.717, 1.165) is 35.1 Å². The molecule has 4 heteroatoms. The maximum atomic E-state index is 4.63. The van der Waals surface area contributed by atoms with Gasteiger partial charge in [0.1, 0.15) is 11.6 Å². The van der Waals surface area contributed by atoms with Crippen molar-refractivity contribution in [2.45, 2.75) is 32.1 Å². The summed E-state index contributed by atoms with van der Waals surface area (Å²) in [6, 6.07) is 4.10. The quantitative estimate of drug-likeness (QED) is 0.903. The van der Waals surface area contributed by atoms with Gasteiger partial charge in [-0.25, -0.2) is 9.97 Å². The maximum absolute atomic E-state index is 4.63. The normalized spacial score (nSPS) is 16.6. The third-order valence-corrected chi connectivity index (χ3v) is 3.80. The van der Waals surface area contributed by atoms with E-state index in [9.17, 15) is 0 Å². The van der Waals surface area contributed by atoms with E-state index in [4.69, 9.17) is 0 Å². The first-order valence-electron chi connectivity index (χ1n) is 6.75. The number of fused-ring (bicyclic) bond motifs is 1. The molecule has 0 spiro atoms. The number of hydrogen-bond donors (Lipinski definition) is 1. The molecule has 1 aliphatic rings. The van der Waals surface area contributed by atoms with Gasteiger partial charge in [0.25, 0.3) is 0 Å². The molecule has 1 saturated carbocycles. The smallest absolute Gasteiger partial charge is 0.179 e. The van der Waals surface area contributed by atoms with Gasteiger partial charge < -0.3 is 9.88 Å². The van der Waals surface area contributed by atoms with Crippen molar-refractivity contribution < 1.29 is 0 Å². The monoisotopic (exact) mass is 244 g/mol. The number of aromatic nitrogens is 3. The first-order valence-corrected chi connectivity index (χ1v) is 6.75. The molecular formula is C14H20N4. The van der Waals surface area contributed by atoms with Crippen LogP contribution in [0.3, 0.4) is 0 Å². The van der Waals surface area contributed by atoms with Crippen molar-refractivity contribution in [3.63, 3.8) is 0 Å². The molecule has 0 amide bonds. The van der Waals surface area contributed by atoms with Crippen molar-refractivity contribution in [3.05, 3.63) is 18.0 Å². The fourth-order valence-electron chi connectivity index (χ4n) is 2.77. The number of rotatable bonds is 3. The highest BCUT2D eigenvalue weighted by Crippen LogP contribution is 2.27. The van der Waals surface area contributed by atoms with Crippen LogP contribution >= 0.6 is 0 Å². The Hall–Kier alpha value is -1.58. The number of pyridine rings is 1. The zero-order valence-corrected chi connectivity index (χ0v) is 11.1. The molecule has 0 aromatic carbocycles. The average molecular weight is 244 g/mol. The summed E-state index contributed by atoms with van der Waals surface area (Å²) in [6.07, 6.45) is 6.55. The second-order valence-corrected chi connectivity index (χ2v) is 5.47. The molecule has 0 unspecified atom stereocenters. The van der Waals surface area contributed by atoms with E-state index in [1.807, 2.05) is 25.1 Å². The summed E-state index contributed by atoms with van der Waals surface area (Å²) in [6.45, 7) is 0. The Morgan fingerprint density at radius 3 is 2.72 bits per heavy atom. The minimum Gasteiger partial charge on any atom is -0.363 e. The molecule has 1 N–H and O–H groups in total. The van der Waals surface area contributed by atoms with Gasteiger partial charge in [0.15, 0.2) is 5.65 Å². The number of H-pyrrole nitrogens is 1. The van der Waals surface area contributed by atoms with Crippen LogP contribution in [0.1, 0.15) is 31.5 Å². The molecule has 0 radical (unpaired) electrons. The van der Waals surface area contributed by atoms with E-state index < -0.39 is 0 Å². The zero-order valence-electron chi connectivity index (χ0n) is 11.1. The lowest BCUT2D eigenvalue weighted by molar-refractivity contribution is 0.534. The summed E-state index contributed by atoms with van der Waals surface area (Å²) in [5.74, 6) is 2.88. The molecule has 0 atom stereocenters. The van der Waals surface area contributed by atoms with Crippen molar-refractivity contribution in [1.82, 2.24) is 15.0 Å². The fraction of sp³-hybridized carbons (Fsp3) is 0.571. The highest BCUT2D eigenvalue weighted by atomic mass is 15.1. The molecule has 0 bridgehead atoms. The first kappa shape index (κ1) is 11.5. The van der Waals surface area contributed by atoms with Gasteiger partial charge in [0.2, 0.25) is 0 Å². The lowest BCUT2D eigenvalue weighted by Crippen LogP contribution is -2.10. The summed E-state index contributed by atoms with van der Waals surface area (Å²) in [4.78, 5) is 14.6. The Balaban J connectivity index is 1.85. The number of nitrogens with one attached hydrogen (secondary N) is 1. The van der Waals surface area contributed by atoms with Crippen LogP contribution in [0.2, 0.25) is 0 Å². The van der Waals surface area contributed by atoms with Crippen molar-refractivity contribution in [2.24, 2.45) is 5.92 Å². The molecule has 2 aromatic heterocycles. The van der Waals surface area contributed by atoms with Crippen LogP contribution < -0.4 is 4.90 Å². The van der Waals surface area contributed by atoms with Crippen LogP contribution in [0, 0.1) is 5.92 Å². The Kier molecular flexibility index (Phi) is 2.94. The molecule has 18 heavy (non-hydrogen) atoms. The summed E-state index contributed by atoms with van der Waals surface area (Å²) >= 11 is 0. The van der Waals surface area contributed by atoms with Gasteiger partial charge in [0.05, 0.1) is 5.52 Å². The molecule has 1 fully saturated rings. The Bertz CT molecular complexity index is 538. The molecule has 0 saturated heterocycles. The predicted octanol–water partition coefficient (Wildman–Crippen LogP) is 2.76. The highest BCUT2D eigenvalue weighted by molar-refractivity contribution is 5.73. The number of nitrogens with zero attached hydrogens (tertiary/aromatic N) is 3. The minimum absolute atomic E-state index is 0.818. The van der Waals surface area contributed by atoms with E-state index in [-0.39, 0.29) is 0 Å². The van der Waals surface area contributed by atoms with Crippen LogP contribution in [0.25, 0.3) is 11.2 Å². The first-order chi connectivity index (χ1) is 8.72. The van der Waals surface area contributed by atoms with Gasteiger partial charge in [-0.3, -0.25) is 0 Å². The lowest BCUT2D eigenvalue weighted by atomic mass is 10.0. The molecule has 3 rings (SSSR count). The molecular weight excluding hydrogens is 224 g/mol. The number of hydrogen-bond acceptors (Lipinski definition) is 3. The number of aromatic amines is 1. The third kappa shape index (κ3) is 2.19. The Labute approximate surface area is 107 Å². The third-order valence-electron chi connectivity index (χ3n) is 3.80. The van der Waals surface area contributed by atoms with Crippen LogP contribution in [0.5, 0.6) is 0 Å². The van der Waals surface area contributed by atoms with Crippen molar-refractivity contribution in [3.8, 4) is 0 Å². The van der Waals surface area contributed by atoms with Gasteiger partial charge in [0, 0.05) is 20.5 Å². The van der Waals surface area contributed by atoms with Gasteiger partial charge >= 0.3 is 0 Å². The van der Waals surface area contributed by atoms with E-state index in [0.29, 0.717) is 0 Å². The van der Waals surface area contributed by atoms with Crippen molar-refractivity contribution in [2.75, 3.05) is 19.0 Å². The Morgan fingerprint density at radius 2 is 2.00 bits per heavy atom. The van der Waals surface area contributed by atoms with E-state index in [1.165, 1.54) is 25.7 Å². The molecule has 96 valence electrons. The number of imidazole rings is 1. The summed E-state index contributed by atoms with van der Waals surface area (Å²) in [5.41, 5.74) is 1.89. The maximum Gasteiger partial charge on any atom is 0.179 e. The summed E-state index contributed by atoms with van der Waals surface area (Å²) in [5, 5.41) is 0. The fourth-order valence-corrected chi connectivity index (χ4v) is 2.77. The molecule has 1 aliphatic carbocycles. The van der Waals surface area contributed by atoms with Gasteiger partial charge in [-0.05, 0) is 18.1 Å². The largest absolute Gasteiger partial charge is 0.363 e. The van der Waals surface area contributed by atoms with E-state index >= 15 is 0 Å². The number of anilines is 1. The summed E-state index contributed by atoms with van der Waals surface area (Å²) in [7, 11) is 4.00. The van der Waals surface area contributed by atoms with Gasteiger partial charge in [-0.1, -0.05) is 25.7 Å². The molecule has 0 aliphatic heterocycles. The molecule has 2 heterocycles.